The smallest absolute Gasteiger partial charge is 0.319 e. The van der Waals surface area contributed by atoms with E-state index in [1.54, 1.807) is 12.1 Å². The topological polar surface area (TPSA) is 128 Å². The molecule has 0 aliphatic carbocycles. The fourth-order valence-corrected chi connectivity index (χ4v) is 2.28. The third-order valence-electron chi connectivity index (χ3n) is 3.62. The number of aromatic hydroxyl groups is 2. The lowest BCUT2D eigenvalue weighted by Gasteiger charge is -2.21. The van der Waals surface area contributed by atoms with Crippen LogP contribution in [-0.4, -0.2) is 53.7 Å². The molecule has 0 bridgehead atoms. The Hall–Kier alpha value is -2.97. The van der Waals surface area contributed by atoms with Crippen molar-refractivity contribution in [3.05, 3.63) is 48.5 Å². The molecule has 0 aliphatic heterocycles. The number of nitrogens with one attached hydrogen (secondary N) is 1. The lowest BCUT2D eigenvalue weighted by atomic mass is 10.3. The van der Waals surface area contributed by atoms with E-state index in [1.807, 2.05) is 18.2 Å². The van der Waals surface area contributed by atoms with Crippen LogP contribution in [0.4, 0.5) is 10.5 Å². The van der Waals surface area contributed by atoms with Crippen LogP contribution in [0.3, 0.4) is 0 Å². The van der Waals surface area contributed by atoms with E-state index in [0.29, 0.717) is 24.5 Å². The maximum Gasteiger partial charge on any atom is 0.319 e. The first kappa shape index (κ1) is 19.4. The molecule has 0 fully saturated rings. The third-order valence-corrected chi connectivity index (χ3v) is 3.62. The van der Waals surface area contributed by atoms with E-state index >= 15 is 0 Å². The number of para-hydroxylation sites is 1. The molecule has 0 saturated carbocycles. The van der Waals surface area contributed by atoms with Gasteiger partial charge in [0.05, 0.1) is 0 Å². The van der Waals surface area contributed by atoms with E-state index in [0.717, 1.165) is 0 Å². The number of primary amides is 1. The Balaban J connectivity index is 1.71. The van der Waals surface area contributed by atoms with Gasteiger partial charge in [0.15, 0.2) is 11.5 Å². The normalized spacial score (nSPS) is 11.7. The van der Waals surface area contributed by atoms with Crippen molar-refractivity contribution < 1.29 is 24.9 Å². The predicted octanol–water partition coefficient (Wildman–Crippen LogP) is 1.01. The molecule has 8 heteroatoms. The van der Waals surface area contributed by atoms with Gasteiger partial charge in [0.1, 0.15) is 18.5 Å². The van der Waals surface area contributed by atoms with Gasteiger partial charge in [-0.15, -0.1) is 0 Å². The quantitative estimate of drug-likeness (QED) is 0.335. The van der Waals surface area contributed by atoms with Crippen LogP contribution in [0, 0.1) is 0 Å². The fraction of sp³-hybridized carbons (Fsp3) is 0.278. The van der Waals surface area contributed by atoms with Gasteiger partial charge in [-0.1, -0.05) is 18.2 Å². The van der Waals surface area contributed by atoms with Crippen molar-refractivity contribution in [1.82, 2.24) is 5.32 Å². The van der Waals surface area contributed by atoms with Crippen LogP contribution in [-0.2, 0) is 0 Å². The van der Waals surface area contributed by atoms with Crippen LogP contribution in [0.1, 0.15) is 0 Å². The molecule has 2 aromatic rings. The van der Waals surface area contributed by atoms with Gasteiger partial charge in [-0.25, -0.2) is 4.79 Å². The number of nitrogens with two attached hydrogens (primary N) is 1. The maximum atomic E-state index is 11.6. The fourth-order valence-electron chi connectivity index (χ4n) is 2.28. The molecule has 0 heterocycles. The monoisotopic (exact) mass is 361 g/mol. The highest BCUT2D eigenvalue weighted by Crippen LogP contribution is 2.28. The molecule has 8 nitrogen and oxygen atoms in total. The minimum atomic E-state index is -0.787. The Labute approximate surface area is 151 Å². The van der Waals surface area contributed by atoms with Crippen molar-refractivity contribution in [1.29, 1.82) is 0 Å². The van der Waals surface area contributed by atoms with Gasteiger partial charge in [-0.2, -0.15) is 0 Å². The number of hydrogen-bond donors (Lipinski definition) is 5. The lowest BCUT2D eigenvalue weighted by Crippen LogP contribution is -2.42. The first-order valence-corrected chi connectivity index (χ1v) is 8.13. The summed E-state index contributed by atoms with van der Waals surface area (Å²) in [6.07, 6.45) is -0.787. The number of carbonyl (C=O) groups excluding carboxylic acids is 1. The van der Waals surface area contributed by atoms with Crippen molar-refractivity contribution in [2.24, 2.45) is 5.73 Å². The number of aliphatic hydroxyl groups excluding tert-OH is 1. The number of anilines is 1. The molecule has 2 rings (SSSR count). The molecule has 2 aromatic carbocycles. The second kappa shape index (κ2) is 9.50. The minimum absolute atomic E-state index is 0.00936. The number of benzene rings is 2. The van der Waals surface area contributed by atoms with Crippen LogP contribution in [0.15, 0.2) is 48.5 Å². The molecule has 0 radical (unpaired) electrons. The van der Waals surface area contributed by atoms with Gasteiger partial charge in [0.2, 0.25) is 0 Å². The Morgan fingerprint density at radius 1 is 1.15 bits per heavy atom. The highest BCUT2D eigenvalue weighted by Gasteiger charge is 2.12. The van der Waals surface area contributed by atoms with Gasteiger partial charge in [-0.3, -0.25) is 4.90 Å². The summed E-state index contributed by atoms with van der Waals surface area (Å²) in [5, 5.41) is 31.6. The van der Waals surface area contributed by atoms with Gasteiger partial charge < -0.3 is 31.1 Å². The average Bonchev–Trinajstić information content (AvgIpc) is 2.63. The number of nitrogens with zero attached hydrogens (tertiary/aromatic N) is 1. The number of carbonyl (C=O) groups is 1. The summed E-state index contributed by atoms with van der Waals surface area (Å²) in [5.74, 6) is -0.192. The molecular weight excluding hydrogens is 338 g/mol. The van der Waals surface area contributed by atoms with Crippen LogP contribution in [0.2, 0.25) is 0 Å². The van der Waals surface area contributed by atoms with E-state index in [1.165, 1.54) is 23.1 Å². The number of phenolic OH excluding ortho intramolecular Hbond substituents is 2. The third kappa shape index (κ3) is 5.83. The zero-order valence-electron chi connectivity index (χ0n) is 14.2. The number of phenols is 2. The molecule has 2 amide bonds. The van der Waals surface area contributed by atoms with Gasteiger partial charge in [-0.05, 0) is 24.3 Å². The molecule has 0 spiro atoms. The largest absolute Gasteiger partial charge is 0.504 e. The van der Waals surface area contributed by atoms with E-state index in [9.17, 15) is 20.1 Å². The summed E-state index contributed by atoms with van der Waals surface area (Å²) in [7, 11) is 0. The number of hydrogen-bond acceptors (Lipinski definition) is 6. The standard InChI is InChI=1S/C18H23N3O5/c19-18(25)21(13-4-2-1-3-5-13)9-8-20-11-14(22)12-26-15-6-7-16(23)17(24)10-15/h1-7,10,14,20,22-24H,8-9,11-12H2,(H2,19,25). The van der Waals surface area contributed by atoms with Crippen molar-refractivity contribution >= 4 is 11.7 Å². The predicted molar refractivity (Wildman–Crippen MR) is 97.5 cm³/mol. The number of amides is 2. The molecule has 0 aromatic heterocycles. The number of rotatable bonds is 9. The van der Waals surface area contributed by atoms with Gasteiger partial charge in [0.25, 0.3) is 0 Å². The summed E-state index contributed by atoms with van der Waals surface area (Å²) in [4.78, 5) is 13.0. The highest BCUT2D eigenvalue weighted by atomic mass is 16.5. The van der Waals surface area contributed by atoms with E-state index in [4.69, 9.17) is 10.5 Å². The first-order chi connectivity index (χ1) is 12.5. The molecule has 0 aliphatic rings. The van der Waals surface area contributed by atoms with Crippen molar-refractivity contribution in [3.8, 4) is 17.2 Å². The Morgan fingerprint density at radius 2 is 1.88 bits per heavy atom. The molecule has 1 unspecified atom stereocenters. The van der Waals surface area contributed by atoms with Crippen molar-refractivity contribution in [2.45, 2.75) is 6.10 Å². The van der Waals surface area contributed by atoms with Crippen LogP contribution >= 0.6 is 0 Å². The Morgan fingerprint density at radius 3 is 2.54 bits per heavy atom. The molecule has 26 heavy (non-hydrogen) atoms. The highest BCUT2D eigenvalue weighted by molar-refractivity contribution is 5.90. The van der Waals surface area contributed by atoms with Crippen LogP contribution < -0.4 is 20.7 Å². The minimum Gasteiger partial charge on any atom is -0.504 e. The lowest BCUT2D eigenvalue weighted by molar-refractivity contribution is 0.106. The van der Waals surface area contributed by atoms with Crippen molar-refractivity contribution in [2.75, 3.05) is 31.1 Å². The second-order valence-electron chi connectivity index (χ2n) is 5.64. The van der Waals surface area contributed by atoms with Gasteiger partial charge in [0, 0.05) is 31.4 Å². The summed E-state index contributed by atoms with van der Waals surface area (Å²) in [6, 6.07) is 12.6. The average molecular weight is 361 g/mol. The molecular formula is C18H23N3O5. The van der Waals surface area contributed by atoms with Crippen molar-refractivity contribution in [3.63, 3.8) is 0 Å². The number of ether oxygens (including phenoxy) is 1. The second-order valence-corrected chi connectivity index (χ2v) is 5.64. The molecule has 0 saturated heterocycles. The van der Waals surface area contributed by atoms with E-state index in [-0.39, 0.29) is 24.7 Å². The zero-order valence-corrected chi connectivity index (χ0v) is 14.2. The van der Waals surface area contributed by atoms with Crippen LogP contribution in [0.5, 0.6) is 17.2 Å². The number of urea groups is 1. The molecule has 140 valence electrons. The zero-order chi connectivity index (χ0) is 18.9. The van der Waals surface area contributed by atoms with E-state index < -0.39 is 12.1 Å². The Bertz CT molecular complexity index is 711. The van der Waals surface area contributed by atoms with E-state index in [2.05, 4.69) is 5.32 Å². The maximum absolute atomic E-state index is 11.6. The SMILES string of the molecule is NC(=O)N(CCNCC(O)COc1ccc(O)c(O)c1)c1ccccc1. The Kier molecular flexibility index (Phi) is 7.07. The van der Waals surface area contributed by atoms with Crippen LogP contribution in [0.25, 0.3) is 0 Å². The molecule has 6 N–H and O–H groups in total. The summed E-state index contributed by atoms with van der Waals surface area (Å²) < 4.78 is 5.34. The summed E-state index contributed by atoms with van der Waals surface area (Å²) >= 11 is 0. The molecule has 1 atom stereocenters. The summed E-state index contributed by atoms with van der Waals surface area (Å²) in [5.41, 5.74) is 6.10. The van der Waals surface area contributed by atoms with Gasteiger partial charge >= 0.3 is 6.03 Å². The first-order valence-electron chi connectivity index (χ1n) is 8.13. The summed E-state index contributed by atoms with van der Waals surface area (Å²) in [6.45, 7) is 1.06. The number of aliphatic hydroxyl groups is 1.